The minimum absolute atomic E-state index is 0.0472. The molecule has 4 aliphatic rings. The standard InChI is InChI=1S/C44H27N3OS2/c1-2-13-27-26(12-1)37-28-14-3-7-17-32(28)47(41(37)43-38(27)30-16-6-10-20-35(30)50-43)44-45-39(42-40(46-44)29-15-4-8-18-33(29)48-42)24-21-22-36-31(23-24)25-11-5-9-19-34(25)49-36/h1-23,28,30,32,35H. The summed E-state index contributed by atoms with van der Waals surface area (Å²) in [5, 5.41) is 6.56. The zero-order valence-corrected chi connectivity index (χ0v) is 28.3. The molecular formula is C44H27N3OS2. The average molecular weight is 678 g/mol. The van der Waals surface area contributed by atoms with Gasteiger partial charge >= 0.3 is 0 Å². The summed E-state index contributed by atoms with van der Waals surface area (Å²) in [5.41, 5.74) is 8.30. The first-order valence-electron chi connectivity index (χ1n) is 17.2. The summed E-state index contributed by atoms with van der Waals surface area (Å²) in [7, 11) is 0. The van der Waals surface area contributed by atoms with E-state index < -0.39 is 0 Å². The number of furan rings is 1. The zero-order chi connectivity index (χ0) is 32.5. The van der Waals surface area contributed by atoms with Crippen LogP contribution >= 0.6 is 23.1 Å². The SMILES string of the molecule is C1=CC2Sc3c4c(c5ccccc5c3C2C=C1)C1C=CC=CC1N4c1nc(-c2ccc3sc4ccccc4c3c2)c2oc3ccccc3c2n1. The molecule has 5 aromatic carbocycles. The normalized spacial score (nSPS) is 21.6. The fraction of sp³-hybridized carbons (Fsp3) is 0.0909. The Labute approximate surface area is 295 Å². The number of allylic oxidation sites excluding steroid dienone is 5. The van der Waals surface area contributed by atoms with Crippen LogP contribution in [0.5, 0.6) is 0 Å². The van der Waals surface area contributed by atoms with Gasteiger partial charge in [-0.15, -0.1) is 23.1 Å². The van der Waals surface area contributed by atoms with Gasteiger partial charge in [-0.05, 0) is 52.2 Å². The van der Waals surface area contributed by atoms with Crippen molar-refractivity contribution in [1.82, 2.24) is 9.97 Å². The molecule has 50 heavy (non-hydrogen) atoms. The van der Waals surface area contributed by atoms with Gasteiger partial charge in [-0.1, -0.05) is 109 Å². The zero-order valence-electron chi connectivity index (χ0n) is 26.7. The van der Waals surface area contributed by atoms with Crippen molar-refractivity contribution < 1.29 is 4.42 Å². The molecule has 0 fully saturated rings. The summed E-state index contributed by atoms with van der Waals surface area (Å²) < 4.78 is 9.18. The molecule has 5 heterocycles. The summed E-state index contributed by atoms with van der Waals surface area (Å²) in [4.78, 5) is 14.8. The summed E-state index contributed by atoms with van der Waals surface area (Å²) in [6.07, 6.45) is 18.3. The van der Waals surface area contributed by atoms with Gasteiger partial charge in [-0.2, -0.15) is 0 Å². The molecular weight excluding hydrogens is 651 g/mol. The number of aromatic nitrogens is 2. The Morgan fingerprint density at radius 1 is 0.620 bits per heavy atom. The molecule has 4 atom stereocenters. The molecule has 4 unspecified atom stereocenters. The Bertz CT molecular complexity index is 2910. The molecule has 4 nitrogen and oxygen atoms in total. The number of hydrogen-bond donors (Lipinski definition) is 0. The van der Waals surface area contributed by atoms with Crippen LogP contribution in [0.25, 0.3) is 64.3 Å². The maximum Gasteiger partial charge on any atom is 0.231 e. The quantitative estimate of drug-likeness (QED) is 0.182. The van der Waals surface area contributed by atoms with Crippen molar-refractivity contribution in [3.63, 3.8) is 0 Å². The number of thiophene rings is 1. The Morgan fingerprint density at radius 2 is 1.34 bits per heavy atom. The van der Waals surface area contributed by atoms with E-state index in [0.29, 0.717) is 17.1 Å². The van der Waals surface area contributed by atoms with Gasteiger partial charge in [-0.3, -0.25) is 0 Å². The summed E-state index contributed by atoms with van der Waals surface area (Å²) in [6.45, 7) is 0. The van der Waals surface area contributed by atoms with Crippen LogP contribution in [0.1, 0.15) is 23.0 Å². The van der Waals surface area contributed by atoms with Crippen molar-refractivity contribution in [2.45, 2.75) is 28.0 Å². The second-order valence-corrected chi connectivity index (χ2v) is 15.8. The van der Waals surface area contributed by atoms with E-state index in [9.17, 15) is 0 Å². The molecule has 0 saturated heterocycles. The average Bonchev–Trinajstić information content (AvgIpc) is 3.93. The third-order valence-corrected chi connectivity index (χ3v) is 13.5. The monoisotopic (exact) mass is 677 g/mol. The van der Waals surface area contributed by atoms with E-state index in [1.165, 1.54) is 52.7 Å². The molecule has 2 aliphatic carbocycles. The molecule has 6 heteroatoms. The van der Waals surface area contributed by atoms with Crippen LogP contribution in [0.2, 0.25) is 0 Å². The van der Waals surface area contributed by atoms with Crippen molar-refractivity contribution in [3.8, 4) is 11.3 Å². The van der Waals surface area contributed by atoms with Crippen molar-refractivity contribution in [2.75, 3.05) is 4.90 Å². The molecule has 2 aliphatic heterocycles. The molecule has 8 aromatic rings. The highest BCUT2D eigenvalue weighted by Crippen LogP contribution is 2.61. The minimum Gasteiger partial charge on any atom is -0.452 e. The van der Waals surface area contributed by atoms with E-state index in [-0.39, 0.29) is 12.0 Å². The van der Waals surface area contributed by atoms with Crippen LogP contribution in [-0.4, -0.2) is 21.3 Å². The van der Waals surface area contributed by atoms with E-state index in [1.54, 1.807) is 0 Å². The first-order chi connectivity index (χ1) is 24.8. The predicted molar refractivity (Wildman–Crippen MR) is 209 cm³/mol. The topological polar surface area (TPSA) is 42.2 Å². The Hall–Kier alpha value is -5.43. The van der Waals surface area contributed by atoms with E-state index in [2.05, 4.69) is 132 Å². The number of rotatable bonds is 2. The minimum atomic E-state index is 0.0472. The van der Waals surface area contributed by atoms with Gasteiger partial charge in [0.15, 0.2) is 5.58 Å². The molecule has 0 spiro atoms. The van der Waals surface area contributed by atoms with Gasteiger partial charge in [-0.25, -0.2) is 9.97 Å². The van der Waals surface area contributed by atoms with Crippen LogP contribution in [-0.2, 0) is 0 Å². The second-order valence-electron chi connectivity index (χ2n) is 13.5. The van der Waals surface area contributed by atoms with E-state index in [1.807, 2.05) is 35.2 Å². The number of hydrogen-bond acceptors (Lipinski definition) is 6. The Morgan fingerprint density at radius 3 is 2.24 bits per heavy atom. The number of para-hydroxylation sites is 1. The first-order valence-corrected chi connectivity index (χ1v) is 18.8. The molecule has 0 saturated carbocycles. The van der Waals surface area contributed by atoms with E-state index in [4.69, 9.17) is 14.4 Å². The van der Waals surface area contributed by atoms with Crippen molar-refractivity contribution in [3.05, 3.63) is 151 Å². The lowest BCUT2D eigenvalue weighted by Gasteiger charge is -2.28. The van der Waals surface area contributed by atoms with Crippen LogP contribution in [0, 0.1) is 0 Å². The van der Waals surface area contributed by atoms with Crippen LogP contribution in [0.15, 0.2) is 149 Å². The highest BCUT2D eigenvalue weighted by atomic mass is 32.2. The van der Waals surface area contributed by atoms with Gasteiger partial charge in [0.05, 0.1) is 11.7 Å². The number of fused-ring (bicyclic) bond motifs is 16. The van der Waals surface area contributed by atoms with Crippen molar-refractivity contribution >= 4 is 87.7 Å². The fourth-order valence-corrected chi connectivity index (χ4v) is 11.4. The molecule has 236 valence electrons. The summed E-state index contributed by atoms with van der Waals surface area (Å²) in [6, 6.07) is 32.7. The Kier molecular flexibility index (Phi) is 5.52. The number of thioether (sulfide) groups is 1. The van der Waals surface area contributed by atoms with Crippen LogP contribution < -0.4 is 4.90 Å². The lowest BCUT2D eigenvalue weighted by atomic mass is 9.83. The largest absolute Gasteiger partial charge is 0.452 e. The maximum atomic E-state index is 6.62. The predicted octanol–water partition coefficient (Wildman–Crippen LogP) is 12.0. The Balaban J connectivity index is 1.17. The lowest BCUT2D eigenvalue weighted by Crippen LogP contribution is -2.30. The number of anilines is 2. The van der Waals surface area contributed by atoms with Gasteiger partial charge in [0, 0.05) is 53.1 Å². The third-order valence-electron chi connectivity index (χ3n) is 10.9. The molecule has 3 aromatic heterocycles. The maximum absolute atomic E-state index is 6.62. The highest BCUT2D eigenvalue weighted by molar-refractivity contribution is 8.00. The molecule has 0 radical (unpaired) electrons. The molecule has 12 rings (SSSR count). The van der Waals surface area contributed by atoms with Gasteiger partial charge in [0.25, 0.3) is 0 Å². The van der Waals surface area contributed by atoms with E-state index >= 15 is 0 Å². The molecule has 0 amide bonds. The number of benzene rings is 5. The van der Waals surface area contributed by atoms with Gasteiger partial charge in [0.1, 0.15) is 16.8 Å². The number of nitrogens with zero attached hydrogens (tertiary/aromatic N) is 3. The van der Waals surface area contributed by atoms with Crippen molar-refractivity contribution in [2.24, 2.45) is 0 Å². The second kappa shape index (κ2) is 10.1. The summed E-state index contributed by atoms with van der Waals surface area (Å²) >= 11 is 3.83. The van der Waals surface area contributed by atoms with Crippen LogP contribution in [0.4, 0.5) is 11.6 Å². The molecule has 0 N–H and O–H groups in total. The highest BCUT2D eigenvalue weighted by Gasteiger charge is 2.46. The van der Waals surface area contributed by atoms with Gasteiger partial charge < -0.3 is 9.32 Å². The van der Waals surface area contributed by atoms with Crippen molar-refractivity contribution in [1.29, 1.82) is 0 Å². The smallest absolute Gasteiger partial charge is 0.231 e. The van der Waals surface area contributed by atoms with Crippen LogP contribution in [0.3, 0.4) is 0 Å². The lowest BCUT2D eigenvalue weighted by molar-refractivity contribution is 0.666. The third kappa shape index (κ3) is 3.62. The van der Waals surface area contributed by atoms with Gasteiger partial charge in [0.2, 0.25) is 5.95 Å². The first kappa shape index (κ1) is 27.4. The van der Waals surface area contributed by atoms with E-state index in [0.717, 1.165) is 33.3 Å². The summed E-state index contributed by atoms with van der Waals surface area (Å²) in [5.74, 6) is 1.22. The molecule has 0 bridgehead atoms. The fourth-order valence-electron chi connectivity index (χ4n) is 8.82.